The molecule has 0 fully saturated rings. The summed E-state index contributed by atoms with van der Waals surface area (Å²) in [4.78, 5) is 25.3. The molecular formula is C39H42N2O7. The Morgan fingerprint density at radius 1 is 0.542 bits per heavy atom. The largest absolute Gasteiger partial charge is 0.489 e. The molecule has 0 aliphatic rings. The fourth-order valence-electron chi connectivity index (χ4n) is 5.15. The van der Waals surface area contributed by atoms with Crippen LogP contribution in [-0.4, -0.2) is 64.7 Å². The van der Waals surface area contributed by atoms with Gasteiger partial charge in [0.05, 0.1) is 51.0 Å². The van der Waals surface area contributed by atoms with Crippen molar-refractivity contribution in [1.29, 1.82) is 0 Å². The van der Waals surface area contributed by atoms with Gasteiger partial charge in [0.2, 0.25) is 5.91 Å². The maximum Gasteiger partial charge on any atom is 0.256 e. The highest BCUT2D eigenvalue weighted by Gasteiger charge is 2.14. The topological polar surface area (TPSA) is 104 Å². The number of rotatable bonds is 19. The van der Waals surface area contributed by atoms with Crippen LogP contribution < -0.4 is 20.1 Å². The standard InChI is InChI=1S/C39H42N2O7/c1-2-10-38(42)40-34-15-5-7-17-36(34)47-25-23-45-21-19-44-20-22-46-24-26-48-37-18-8-6-16-35(37)41-39(43)32-14-9-13-31-27-29-11-3-4-12-30(29)28-33(31)32/h3-9,11-18,27-28H,2,10,19-26H2,1H3,(H,40,42)(H,41,43). The first-order valence-corrected chi connectivity index (χ1v) is 16.3. The van der Waals surface area contributed by atoms with Gasteiger partial charge in [0.1, 0.15) is 24.7 Å². The molecule has 0 aliphatic heterocycles. The monoisotopic (exact) mass is 650 g/mol. The minimum atomic E-state index is -0.199. The van der Waals surface area contributed by atoms with E-state index in [4.69, 9.17) is 23.7 Å². The molecule has 2 N–H and O–H groups in total. The molecule has 0 aromatic heterocycles. The average molecular weight is 651 g/mol. The van der Waals surface area contributed by atoms with E-state index in [9.17, 15) is 9.59 Å². The van der Waals surface area contributed by atoms with Gasteiger partial charge in [-0.25, -0.2) is 0 Å². The molecule has 0 radical (unpaired) electrons. The average Bonchev–Trinajstić information content (AvgIpc) is 3.10. The molecule has 5 aromatic rings. The number of carbonyl (C=O) groups is 2. The number of nitrogens with one attached hydrogen (secondary N) is 2. The van der Waals surface area contributed by atoms with Crippen molar-refractivity contribution in [3.8, 4) is 11.5 Å². The minimum absolute atomic E-state index is 0.0311. The van der Waals surface area contributed by atoms with E-state index in [2.05, 4.69) is 34.9 Å². The van der Waals surface area contributed by atoms with Gasteiger partial charge in [-0.1, -0.05) is 67.6 Å². The van der Waals surface area contributed by atoms with Crippen LogP contribution in [-0.2, 0) is 19.0 Å². The molecule has 9 nitrogen and oxygen atoms in total. The summed E-state index contributed by atoms with van der Waals surface area (Å²) in [5.41, 5.74) is 1.86. The number of fused-ring (bicyclic) bond motifs is 2. The Morgan fingerprint density at radius 3 is 1.65 bits per heavy atom. The Bertz CT molecular complexity index is 1790. The van der Waals surface area contributed by atoms with Gasteiger partial charge >= 0.3 is 0 Å². The van der Waals surface area contributed by atoms with E-state index in [0.717, 1.165) is 28.0 Å². The Labute approximate surface area is 281 Å². The smallest absolute Gasteiger partial charge is 0.256 e. The lowest BCUT2D eigenvalue weighted by molar-refractivity contribution is -0.116. The summed E-state index contributed by atoms with van der Waals surface area (Å²) in [5, 5.41) is 10.0. The van der Waals surface area contributed by atoms with Gasteiger partial charge in [-0.2, -0.15) is 0 Å². The van der Waals surface area contributed by atoms with Crippen molar-refractivity contribution in [3.05, 3.63) is 109 Å². The lowest BCUT2D eigenvalue weighted by atomic mass is 9.99. The van der Waals surface area contributed by atoms with Gasteiger partial charge < -0.3 is 34.3 Å². The fraction of sp³-hybridized carbons (Fsp3) is 0.282. The third kappa shape index (κ3) is 10.0. The second-order valence-electron chi connectivity index (χ2n) is 11.0. The number of carbonyl (C=O) groups excluding carboxylic acids is 2. The number of anilines is 2. The molecule has 0 saturated carbocycles. The zero-order valence-electron chi connectivity index (χ0n) is 27.2. The molecule has 250 valence electrons. The summed E-state index contributed by atoms with van der Waals surface area (Å²) in [5.74, 6) is 0.958. The second kappa shape index (κ2) is 18.4. The van der Waals surface area contributed by atoms with Crippen molar-refractivity contribution < 1.29 is 33.3 Å². The predicted molar refractivity (Wildman–Crippen MR) is 189 cm³/mol. The molecule has 0 atom stereocenters. The highest BCUT2D eigenvalue weighted by molar-refractivity contribution is 6.15. The third-order valence-electron chi connectivity index (χ3n) is 7.48. The van der Waals surface area contributed by atoms with Gasteiger partial charge in [-0.15, -0.1) is 0 Å². The van der Waals surface area contributed by atoms with Gasteiger partial charge in [0.15, 0.2) is 0 Å². The van der Waals surface area contributed by atoms with Crippen LogP contribution >= 0.6 is 0 Å². The van der Waals surface area contributed by atoms with Crippen LogP contribution in [0.25, 0.3) is 21.5 Å². The van der Waals surface area contributed by atoms with Crippen LogP contribution in [0.5, 0.6) is 11.5 Å². The molecule has 2 amide bonds. The zero-order valence-corrected chi connectivity index (χ0v) is 27.2. The number of hydrogen-bond acceptors (Lipinski definition) is 7. The van der Waals surface area contributed by atoms with E-state index in [-0.39, 0.29) is 11.8 Å². The third-order valence-corrected chi connectivity index (χ3v) is 7.48. The van der Waals surface area contributed by atoms with Crippen LogP contribution in [0.3, 0.4) is 0 Å². The summed E-state index contributed by atoms with van der Waals surface area (Å²) in [6.07, 6.45) is 1.26. The zero-order chi connectivity index (χ0) is 33.4. The summed E-state index contributed by atoms with van der Waals surface area (Å²) in [7, 11) is 0. The van der Waals surface area contributed by atoms with Gasteiger partial charge in [0.25, 0.3) is 5.91 Å². The van der Waals surface area contributed by atoms with E-state index < -0.39 is 0 Å². The van der Waals surface area contributed by atoms with Crippen molar-refractivity contribution in [2.75, 3.05) is 63.5 Å². The van der Waals surface area contributed by atoms with E-state index in [1.54, 1.807) is 0 Å². The maximum atomic E-state index is 13.4. The Hall–Kier alpha value is -4.96. The normalized spacial score (nSPS) is 11.0. The van der Waals surface area contributed by atoms with Gasteiger partial charge in [-0.3, -0.25) is 9.59 Å². The van der Waals surface area contributed by atoms with Crippen molar-refractivity contribution in [3.63, 3.8) is 0 Å². The number of ether oxygens (including phenoxy) is 5. The maximum absolute atomic E-state index is 13.4. The highest BCUT2D eigenvalue weighted by atomic mass is 16.6. The first kappa shape index (κ1) is 34.4. The first-order valence-electron chi connectivity index (χ1n) is 16.3. The van der Waals surface area contributed by atoms with Crippen molar-refractivity contribution in [2.24, 2.45) is 0 Å². The highest BCUT2D eigenvalue weighted by Crippen LogP contribution is 2.29. The molecule has 0 saturated heterocycles. The molecule has 0 aliphatic carbocycles. The number of para-hydroxylation sites is 4. The molecule has 0 spiro atoms. The van der Waals surface area contributed by atoms with Crippen LogP contribution in [0, 0.1) is 0 Å². The Kier molecular flexibility index (Phi) is 13.2. The van der Waals surface area contributed by atoms with Crippen LogP contribution in [0.4, 0.5) is 11.4 Å². The quantitative estimate of drug-likeness (QED) is 0.0705. The van der Waals surface area contributed by atoms with Crippen molar-refractivity contribution >= 4 is 44.7 Å². The summed E-state index contributed by atoms with van der Waals surface area (Å²) in [6.45, 7) is 5.12. The Balaban J connectivity index is 0.954. The molecular weight excluding hydrogens is 608 g/mol. The van der Waals surface area contributed by atoms with Crippen molar-refractivity contribution in [1.82, 2.24) is 0 Å². The second-order valence-corrected chi connectivity index (χ2v) is 11.0. The summed E-state index contributed by atoms with van der Waals surface area (Å²) < 4.78 is 28.5. The number of amides is 2. The number of benzene rings is 5. The van der Waals surface area contributed by atoms with E-state index in [1.807, 2.05) is 85.8 Å². The summed E-state index contributed by atoms with van der Waals surface area (Å²) >= 11 is 0. The van der Waals surface area contributed by atoms with Crippen LogP contribution in [0.2, 0.25) is 0 Å². The Morgan fingerprint density at radius 2 is 1.04 bits per heavy atom. The summed E-state index contributed by atoms with van der Waals surface area (Å²) in [6, 6.07) is 32.8. The van der Waals surface area contributed by atoms with E-state index >= 15 is 0 Å². The molecule has 0 bridgehead atoms. The SMILES string of the molecule is CCCC(=O)Nc1ccccc1OCCOCCOCCOCCOc1ccccc1NC(=O)c1cccc2cc3ccccc3cc12. The van der Waals surface area contributed by atoms with Crippen LogP contribution in [0.1, 0.15) is 30.1 Å². The number of hydrogen-bond donors (Lipinski definition) is 2. The molecule has 0 unspecified atom stereocenters. The fourth-order valence-corrected chi connectivity index (χ4v) is 5.15. The van der Waals surface area contributed by atoms with E-state index in [1.165, 1.54) is 0 Å². The molecule has 48 heavy (non-hydrogen) atoms. The lowest BCUT2D eigenvalue weighted by Crippen LogP contribution is -2.16. The van der Waals surface area contributed by atoms with Crippen LogP contribution in [0.15, 0.2) is 103 Å². The minimum Gasteiger partial charge on any atom is -0.489 e. The lowest BCUT2D eigenvalue weighted by Gasteiger charge is -2.14. The molecule has 0 heterocycles. The first-order chi connectivity index (χ1) is 23.6. The van der Waals surface area contributed by atoms with Gasteiger partial charge in [0, 0.05) is 12.0 Å². The molecule has 9 heteroatoms. The van der Waals surface area contributed by atoms with Gasteiger partial charge in [-0.05, 0) is 70.4 Å². The van der Waals surface area contributed by atoms with E-state index in [0.29, 0.717) is 87.7 Å². The molecule has 5 rings (SSSR count). The predicted octanol–water partition coefficient (Wildman–Crippen LogP) is 7.49. The molecule has 5 aromatic carbocycles. The van der Waals surface area contributed by atoms with Crippen molar-refractivity contribution in [2.45, 2.75) is 19.8 Å².